The van der Waals surface area contributed by atoms with E-state index >= 15 is 0 Å². The van der Waals surface area contributed by atoms with E-state index in [0.29, 0.717) is 19.3 Å². The number of fused-ring (bicyclic) bond motifs is 1. The fourth-order valence-corrected chi connectivity index (χ4v) is 4.14. The number of nitrogens with one attached hydrogen (secondary N) is 2. The smallest absolute Gasteiger partial charge is 0.222 e. The molecule has 1 aliphatic carbocycles. The fraction of sp³-hybridized carbons (Fsp3) is 0.412. The van der Waals surface area contributed by atoms with Gasteiger partial charge < -0.3 is 10.1 Å². The zero-order valence-corrected chi connectivity index (χ0v) is 13.8. The number of methoxy groups -OCH3 is 1. The Morgan fingerprint density at radius 1 is 1.39 bits per heavy atom. The molecule has 3 unspecified atom stereocenters. The Morgan fingerprint density at radius 3 is 2.91 bits per heavy atom. The summed E-state index contributed by atoms with van der Waals surface area (Å²) in [4.78, 5) is 23.5. The Labute approximate surface area is 139 Å². The molecule has 1 aromatic rings. The van der Waals surface area contributed by atoms with Crippen LogP contribution in [0.4, 0.5) is 0 Å². The molecule has 0 radical (unpaired) electrons. The molecule has 1 amide bonds. The van der Waals surface area contributed by atoms with Gasteiger partial charge in [0.1, 0.15) is 11.2 Å². The quantitative estimate of drug-likeness (QED) is 0.858. The van der Waals surface area contributed by atoms with E-state index < -0.39 is 0 Å². The summed E-state index contributed by atoms with van der Waals surface area (Å²) in [5, 5.41) is 6.54. The molecule has 6 heteroatoms. The number of allylic oxidation sites excluding steroid dienone is 1. The maximum atomic E-state index is 12.1. The van der Waals surface area contributed by atoms with Crippen LogP contribution < -0.4 is 15.4 Å². The van der Waals surface area contributed by atoms with E-state index in [1.165, 1.54) is 0 Å². The molecule has 3 rings (SSSR count). The first-order valence-corrected chi connectivity index (χ1v) is 8.63. The van der Waals surface area contributed by atoms with E-state index in [1.807, 2.05) is 30.3 Å². The van der Waals surface area contributed by atoms with E-state index in [4.69, 9.17) is 4.74 Å². The Bertz CT molecular complexity index is 615. The van der Waals surface area contributed by atoms with Crippen LogP contribution in [0.15, 0.2) is 36.4 Å². The largest absolute Gasteiger partial charge is 0.497 e. The third kappa shape index (κ3) is 4.14. The average Bonchev–Trinajstić information content (AvgIpc) is 2.94. The molecule has 122 valence electrons. The maximum Gasteiger partial charge on any atom is 0.222 e. The predicted molar refractivity (Wildman–Crippen MR) is 90.3 cm³/mol. The molecular formula is C17H20N2O3S. The van der Waals surface area contributed by atoms with E-state index in [0.717, 1.165) is 11.3 Å². The summed E-state index contributed by atoms with van der Waals surface area (Å²) in [5.41, 5.74) is 0.985. The van der Waals surface area contributed by atoms with Gasteiger partial charge in [0.25, 0.3) is 0 Å². The molecule has 1 aromatic carbocycles. The number of thioether (sulfide) groups is 1. The van der Waals surface area contributed by atoms with Crippen molar-refractivity contribution in [1.29, 1.82) is 0 Å². The van der Waals surface area contributed by atoms with E-state index in [9.17, 15) is 9.59 Å². The minimum absolute atomic E-state index is 0.0137. The lowest BCUT2D eigenvalue weighted by Gasteiger charge is -2.16. The normalized spacial score (nSPS) is 26.0. The number of ketones is 1. The summed E-state index contributed by atoms with van der Waals surface area (Å²) >= 11 is 1.62. The summed E-state index contributed by atoms with van der Waals surface area (Å²) in [6, 6.07) is 7.91. The predicted octanol–water partition coefficient (Wildman–Crippen LogP) is 1.63. The van der Waals surface area contributed by atoms with Crippen LogP contribution in [0.5, 0.6) is 5.75 Å². The fourth-order valence-electron chi connectivity index (χ4n) is 2.76. The van der Waals surface area contributed by atoms with Crippen LogP contribution in [-0.4, -0.2) is 35.6 Å². The van der Waals surface area contributed by atoms with Gasteiger partial charge in [0.15, 0.2) is 5.78 Å². The molecular weight excluding hydrogens is 312 g/mol. The van der Waals surface area contributed by atoms with Gasteiger partial charge in [0.05, 0.1) is 7.11 Å². The summed E-state index contributed by atoms with van der Waals surface area (Å²) in [6.45, 7) is 0. The minimum Gasteiger partial charge on any atom is -0.497 e. The van der Waals surface area contributed by atoms with Crippen molar-refractivity contribution in [3.63, 3.8) is 0 Å². The lowest BCUT2D eigenvalue weighted by Crippen LogP contribution is -2.43. The van der Waals surface area contributed by atoms with Crippen LogP contribution in [-0.2, 0) is 16.0 Å². The highest BCUT2D eigenvalue weighted by atomic mass is 32.2. The van der Waals surface area contributed by atoms with E-state index in [2.05, 4.69) is 10.6 Å². The first-order valence-electron chi connectivity index (χ1n) is 7.69. The number of carbonyl (C=O) groups excluding carboxylic acids is 2. The molecule has 1 aliphatic heterocycles. The van der Waals surface area contributed by atoms with Crippen LogP contribution in [0, 0.1) is 0 Å². The van der Waals surface area contributed by atoms with Crippen molar-refractivity contribution < 1.29 is 14.3 Å². The monoisotopic (exact) mass is 332 g/mol. The number of amides is 1. The summed E-state index contributed by atoms with van der Waals surface area (Å²) in [5.74, 6) is 0.988. The zero-order chi connectivity index (χ0) is 16.2. The molecule has 23 heavy (non-hydrogen) atoms. The van der Waals surface area contributed by atoms with Crippen molar-refractivity contribution >= 4 is 23.5 Å². The third-order valence-electron chi connectivity index (χ3n) is 4.04. The van der Waals surface area contributed by atoms with Gasteiger partial charge in [-0.15, -0.1) is 11.8 Å². The van der Waals surface area contributed by atoms with Crippen LogP contribution >= 0.6 is 11.8 Å². The Balaban J connectivity index is 1.45. The minimum atomic E-state index is -0.121. The average molecular weight is 332 g/mol. The van der Waals surface area contributed by atoms with Gasteiger partial charge in [-0.1, -0.05) is 18.2 Å². The van der Waals surface area contributed by atoms with Crippen LogP contribution in [0.2, 0.25) is 0 Å². The molecule has 2 aliphatic rings. The van der Waals surface area contributed by atoms with Gasteiger partial charge in [0.2, 0.25) is 5.91 Å². The molecule has 1 fully saturated rings. The molecule has 5 nitrogen and oxygen atoms in total. The number of ether oxygens (including phenoxy) is 1. The van der Waals surface area contributed by atoms with Crippen LogP contribution in [0.1, 0.15) is 18.4 Å². The zero-order valence-electron chi connectivity index (χ0n) is 13.0. The SMILES string of the molecule is COc1ccc(CCC(=O)NC2NC3C=CC(=O)CC3S2)cc1. The van der Waals surface area contributed by atoms with Gasteiger partial charge in [-0.25, -0.2) is 0 Å². The Hall–Kier alpha value is -1.79. The highest BCUT2D eigenvalue weighted by Crippen LogP contribution is 2.31. The lowest BCUT2D eigenvalue weighted by molar-refractivity contribution is -0.121. The molecule has 0 spiro atoms. The number of aryl methyl sites for hydroxylation is 1. The third-order valence-corrected chi connectivity index (χ3v) is 5.37. The van der Waals surface area contributed by atoms with Crippen molar-refractivity contribution in [1.82, 2.24) is 10.6 Å². The molecule has 0 aromatic heterocycles. The standard InChI is InChI=1S/C17H20N2O3S/c1-22-13-6-2-11(3-7-13)4-9-16(21)19-17-18-14-8-5-12(20)10-15(14)23-17/h2-3,5-8,14-15,17-18H,4,9-10H2,1H3,(H,19,21). The van der Waals surface area contributed by atoms with Gasteiger partial charge in [-0.2, -0.15) is 0 Å². The second-order valence-electron chi connectivity index (χ2n) is 5.69. The van der Waals surface area contributed by atoms with E-state index in [1.54, 1.807) is 24.9 Å². The molecule has 0 saturated carbocycles. The number of rotatable bonds is 5. The Kier molecular flexibility index (Phi) is 5.03. The lowest BCUT2D eigenvalue weighted by atomic mass is 10.0. The van der Waals surface area contributed by atoms with Gasteiger partial charge in [-0.05, 0) is 30.2 Å². The highest BCUT2D eigenvalue weighted by molar-refractivity contribution is 8.00. The first kappa shape index (κ1) is 16.1. The first-order chi connectivity index (χ1) is 11.1. The van der Waals surface area contributed by atoms with E-state index in [-0.39, 0.29) is 28.5 Å². The number of hydrogen-bond donors (Lipinski definition) is 2. The van der Waals surface area contributed by atoms with Crippen molar-refractivity contribution in [2.45, 2.75) is 36.1 Å². The molecule has 1 saturated heterocycles. The van der Waals surface area contributed by atoms with Crippen molar-refractivity contribution in [2.24, 2.45) is 0 Å². The highest BCUT2D eigenvalue weighted by Gasteiger charge is 2.36. The number of carbonyl (C=O) groups is 2. The maximum absolute atomic E-state index is 12.1. The second kappa shape index (κ2) is 7.19. The molecule has 0 bridgehead atoms. The molecule has 3 atom stereocenters. The van der Waals surface area contributed by atoms with Crippen molar-refractivity contribution in [3.8, 4) is 5.75 Å². The van der Waals surface area contributed by atoms with Crippen molar-refractivity contribution in [2.75, 3.05) is 7.11 Å². The van der Waals surface area contributed by atoms with Gasteiger partial charge >= 0.3 is 0 Å². The van der Waals surface area contributed by atoms with Gasteiger partial charge in [-0.3, -0.25) is 14.9 Å². The topological polar surface area (TPSA) is 67.4 Å². The summed E-state index contributed by atoms with van der Waals surface area (Å²) in [7, 11) is 1.63. The number of benzene rings is 1. The van der Waals surface area contributed by atoms with Crippen LogP contribution in [0.25, 0.3) is 0 Å². The van der Waals surface area contributed by atoms with Crippen molar-refractivity contribution in [3.05, 3.63) is 42.0 Å². The summed E-state index contributed by atoms with van der Waals surface area (Å²) in [6.07, 6.45) is 5.19. The number of hydrogen-bond acceptors (Lipinski definition) is 5. The van der Waals surface area contributed by atoms with Crippen LogP contribution in [0.3, 0.4) is 0 Å². The summed E-state index contributed by atoms with van der Waals surface area (Å²) < 4.78 is 5.12. The molecule has 1 heterocycles. The van der Waals surface area contributed by atoms with Gasteiger partial charge in [0, 0.05) is 24.1 Å². The second-order valence-corrected chi connectivity index (χ2v) is 7.04. The molecule has 2 N–H and O–H groups in total. The Morgan fingerprint density at radius 2 is 2.17 bits per heavy atom.